The van der Waals surface area contributed by atoms with Gasteiger partial charge in [0.15, 0.2) is 0 Å². The van der Waals surface area contributed by atoms with Gasteiger partial charge >= 0.3 is 161 Å². The van der Waals surface area contributed by atoms with Crippen LogP contribution >= 0.6 is 0 Å². The molecule has 1 amide bonds. The molecule has 0 unspecified atom stereocenters. The summed E-state index contributed by atoms with van der Waals surface area (Å²) in [6.45, 7) is 3.61. The van der Waals surface area contributed by atoms with Crippen LogP contribution in [0.25, 0.3) is 6.08 Å². The number of aliphatic hydroxyl groups is 1. The van der Waals surface area contributed by atoms with Gasteiger partial charge < -0.3 is 5.11 Å². The minimum atomic E-state index is -0.0617. The summed E-state index contributed by atoms with van der Waals surface area (Å²) in [5, 5.41) is 12.0. The molecule has 0 aromatic heterocycles. The van der Waals surface area contributed by atoms with Crippen molar-refractivity contribution in [3.8, 4) is 0 Å². The molecule has 0 aliphatic carbocycles. The van der Waals surface area contributed by atoms with E-state index in [-0.39, 0.29) is 12.5 Å². The number of aryl methyl sites for hydroxylation is 1. The van der Waals surface area contributed by atoms with Crippen molar-refractivity contribution in [2.45, 2.75) is 6.92 Å². The monoisotopic (exact) mass is 459 g/mol. The van der Waals surface area contributed by atoms with E-state index in [4.69, 9.17) is 9.84 Å². The van der Waals surface area contributed by atoms with E-state index in [1.165, 1.54) is 0 Å². The van der Waals surface area contributed by atoms with Crippen LogP contribution in [0.5, 0.6) is 0 Å². The van der Waals surface area contributed by atoms with Crippen LogP contribution in [-0.4, -0.2) is 69.6 Å². The second kappa shape index (κ2) is 9.85. The van der Waals surface area contributed by atoms with Crippen molar-refractivity contribution in [1.29, 1.82) is 0 Å². The molecule has 1 aliphatic heterocycles. The first-order valence-corrected chi connectivity index (χ1v) is 10.3. The maximum atomic E-state index is 13.0. The number of carbonyl (C=O) groups excluding carboxylic acids is 1. The quantitative estimate of drug-likeness (QED) is 0.360. The third kappa shape index (κ3) is 5.14. The first-order valence-electron chi connectivity index (χ1n) is 9.44. The van der Waals surface area contributed by atoms with Gasteiger partial charge in [0.1, 0.15) is 0 Å². The summed E-state index contributed by atoms with van der Waals surface area (Å²) in [7, 11) is 1.88. The Bertz CT molecular complexity index is 895. The molecule has 6 nitrogen and oxygen atoms in total. The van der Waals surface area contributed by atoms with Gasteiger partial charge in [0, 0.05) is 0 Å². The normalized spacial score (nSPS) is 15.5. The maximum absolute atomic E-state index is 13.0. The molecule has 1 aliphatic rings. The predicted octanol–water partition coefficient (Wildman–Crippen LogP) is 1.99. The van der Waals surface area contributed by atoms with Crippen molar-refractivity contribution < 1.29 is 14.6 Å². The van der Waals surface area contributed by atoms with E-state index in [9.17, 15) is 4.79 Å². The number of anilines is 2. The average molecular weight is 458 g/mol. The van der Waals surface area contributed by atoms with Gasteiger partial charge in [-0.2, -0.15) is 0 Å². The molecule has 2 N–H and O–H groups in total. The molecule has 0 atom stereocenters. The number of ether oxygens (including phenoxy) is 1. The Labute approximate surface area is 179 Å². The molecule has 0 saturated carbocycles. The van der Waals surface area contributed by atoms with Crippen molar-refractivity contribution in [2.24, 2.45) is 0 Å². The Morgan fingerprint density at radius 1 is 1.10 bits per heavy atom. The Kier molecular flexibility index (Phi) is 7.23. The molecule has 7 heteroatoms. The Balaban J connectivity index is 1.70. The van der Waals surface area contributed by atoms with Crippen LogP contribution in [0.15, 0.2) is 54.2 Å². The predicted molar refractivity (Wildman–Crippen MR) is 118 cm³/mol. The number of hydrogen-bond donors (Lipinski definition) is 2. The molecule has 0 spiro atoms. The van der Waals surface area contributed by atoms with Crippen LogP contribution in [0.1, 0.15) is 11.1 Å². The number of amides is 1. The van der Waals surface area contributed by atoms with E-state index in [1.54, 1.807) is 4.90 Å². The summed E-state index contributed by atoms with van der Waals surface area (Å²) >= 11 is 3.01. The van der Waals surface area contributed by atoms with Gasteiger partial charge in [0.05, 0.1) is 13.2 Å². The van der Waals surface area contributed by atoms with Gasteiger partial charge in [0.2, 0.25) is 0 Å². The van der Waals surface area contributed by atoms with Crippen molar-refractivity contribution in [3.05, 3.63) is 65.4 Å². The van der Waals surface area contributed by atoms with E-state index < -0.39 is 0 Å². The zero-order valence-electron chi connectivity index (χ0n) is 16.6. The van der Waals surface area contributed by atoms with Crippen molar-refractivity contribution in [2.75, 3.05) is 43.6 Å². The third-order valence-electron chi connectivity index (χ3n) is 4.58. The molecule has 152 valence electrons. The van der Waals surface area contributed by atoms with Crippen molar-refractivity contribution in [1.82, 2.24) is 4.90 Å². The minimum absolute atomic E-state index is 0.0343. The van der Waals surface area contributed by atoms with Crippen LogP contribution in [0.3, 0.4) is 0 Å². The fourth-order valence-electron chi connectivity index (χ4n) is 2.97. The molecule has 0 bridgehead atoms. The Hall–Kier alpha value is -2.44. The summed E-state index contributed by atoms with van der Waals surface area (Å²) in [5.74, 6) is -0.0617. The van der Waals surface area contributed by atoms with Crippen LogP contribution < -0.4 is 10.2 Å². The fraction of sp³-hybridized carbons (Fsp3) is 0.273. The molecular formula is C22H25N3O3Se. The van der Waals surface area contributed by atoms with E-state index in [2.05, 4.69) is 20.9 Å². The fourth-order valence-corrected chi connectivity index (χ4v) is 3.57. The molecule has 29 heavy (non-hydrogen) atoms. The SMILES string of the molecule is Cc1ccc(N2C(=O)C(=Cc3ccc(NCCOCCO)cc3)N(C)C2=[Se])cc1. The Morgan fingerprint density at radius 3 is 2.45 bits per heavy atom. The van der Waals surface area contributed by atoms with Crippen LogP contribution in [0.2, 0.25) is 0 Å². The van der Waals surface area contributed by atoms with E-state index in [0.717, 1.165) is 27.2 Å². The molecule has 2 aromatic rings. The number of aliphatic hydroxyl groups excluding tert-OH is 1. The number of rotatable bonds is 8. The number of likely N-dealkylation sites (N-methyl/N-ethyl adjacent to an activating group) is 1. The van der Waals surface area contributed by atoms with Gasteiger partial charge in [-0.05, 0) is 0 Å². The third-order valence-corrected chi connectivity index (χ3v) is 5.54. The average Bonchev–Trinajstić information content (AvgIpc) is 2.93. The van der Waals surface area contributed by atoms with Gasteiger partial charge in [-0.25, -0.2) is 0 Å². The summed E-state index contributed by atoms with van der Waals surface area (Å²) in [4.78, 5) is 16.6. The summed E-state index contributed by atoms with van der Waals surface area (Å²) in [5.41, 5.74) is 4.52. The van der Waals surface area contributed by atoms with Crippen molar-refractivity contribution in [3.63, 3.8) is 0 Å². The van der Waals surface area contributed by atoms with E-state index >= 15 is 0 Å². The topological polar surface area (TPSA) is 65.0 Å². The second-order valence-electron chi connectivity index (χ2n) is 6.73. The molecule has 3 rings (SSSR count). The number of nitrogens with zero attached hydrogens (tertiary/aromatic N) is 2. The second-order valence-corrected chi connectivity index (χ2v) is 7.50. The summed E-state index contributed by atoms with van der Waals surface area (Å²) in [6, 6.07) is 15.8. The van der Waals surface area contributed by atoms with Gasteiger partial charge in [-0.1, -0.05) is 0 Å². The van der Waals surface area contributed by atoms with E-state index in [0.29, 0.717) is 25.5 Å². The number of carbonyl (C=O) groups is 1. The van der Waals surface area contributed by atoms with E-state index in [1.807, 2.05) is 73.5 Å². The van der Waals surface area contributed by atoms with Gasteiger partial charge in [-0.15, -0.1) is 0 Å². The Morgan fingerprint density at radius 2 is 1.79 bits per heavy atom. The number of hydrogen-bond acceptors (Lipinski definition) is 5. The molecule has 1 saturated heterocycles. The van der Waals surface area contributed by atoms with Crippen LogP contribution in [-0.2, 0) is 9.53 Å². The zero-order valence-corrected chi connectivity index (χ0v) is 18.3. The first kappa shape index (κ1) is 21.3. The van der Waals surface area contributed by atoms with Crippen LogP contribution in [0, 0.1) is 6.92 Å². The standard InChI is InChI=1S/C22H25N3O3Se/c1-16-3-9-19(10-4-16)25-21(27)20(24(2)22(25)29)15-17-5-7-18(8-6-17)23-11-13-28-14-12-26/h3-10,15,23,26H,11-14H2,1-2H3. The first-order chi connectivity index (χ1) is 14.0. The molecule has 2 aromatic carbocycles. The summed E-state index contributed by atoms with van der Waals surface area (Å²) < 4.78 is 5.98. The van der Waals surface area contributed by atoms with Crippen molar-refractivity contribution >= 4 is 43.6 Å². The number of benzene rings is 2. The van der Waals surface area contributed by atoms with Gasteiger partial charge in [0.25, 0.3) is 0 Å². The van der Waals surface area contributed by atoms with Gasteiger partial charge in [-0.3, -0.25) is 0 Å². The zero-order chi connectivity index (χ0) is 20.8. The summed E-state index contributed by atoms with van der Waals surface area (Å²) in [6.07, 6.45) is 1.89. The molecule has 1 heterocycles. The van der Waals surface area contributed by atoms with Crippen LogP contribution in [0.4, 0.5) is 11.4 Å². The molecule has 1 fully saturated rings. The molecular weight excluding hydrogens is 433 g/mol. The number of nitrogens with one attached hydrogen (secondary N) is 1. The molecule has 0 radical (unpaired) electrons.